The average molecular weight is 409 g/mol. The molecule has 1 aliphatic heterocycles. The van der Waals surface area contributed by atoms with Crippen molar-refractivity contribution >= 4 is 17.4 Å². The van der Waals surface area contributed by atoms with Gasteiger partial charge in [-0.3, -0.25) is 4.79 Å². The van der Waals surface area contributed by atoms with Gasteiger partial charge < -0.3 is 29.9 Å². The fourth-order valence-electron chi connectivity index (χ4n) is 3.17. The molecule has 7 nitrogen and oxygen atoms in total. The smallest absolute Gasteiger partial charge is 0.194 e. The number of carbonyl (C=O) groups excluding carboxylic acids is 1. The number of hydrogen-bond acceptors (Lipinski definition) is 7. The van der Waals surface area contributed by atoms with Crippen molar-refractivity contribution in [1.29, 1.82) is 0 Å². The lowest BCUT2D eigenvalue weighted by atomic mass is 9.90. The van der Waals surface area contributed by atoms with Gasteiger partial charge in [0, 0.05) is 11.1 Å². The second-order valence-corrected chi connectivity index (χ2v) is 6.95. The van der Waals surface area contributed by atoms with Gasteiger partial charge in [0.25, 0.3) is 0 Å². The molecule has 0 unspecified atom stereocenters. The molecule has 2 aromatic carbocycles. The zero-order valence-electron chi connectivity index (χ0n) is 15.0. The Labute approximate surface area is 166 Å². The maximum atomic E-state index is 12.9. The number of ketones is 1. The summed E-state index contributed by atoms with van der Waals surface area (Å²) in [6.45, 7) is -0.535. The van der Waals surface area contributed by atoms with Crippen molar-refractivity contribution in [1.82, 2.24) is 0 Å². The molecule has 0 bridgehead atoms. The average Bonchev–Trinajstić information content (AvgIpc) is 2.72. The minimum absolute atomic E-state index is 0.196. The van der Waals surface area contributed by atoms with Crippen molar-refractivity contribution in [2.75, 3.05) is 13.7 Å². The number of aliphatic hydroxyl groups is 4. The SMILES string of the molecule is COc1ccc(C(=O)c2cc([C@@H]3O[C@H](CO)[C@@H](O)[C@H](O)[C@H]3O)ccc2Cl)cc1. The monoisotopic (exact) mass is 408 g/mol. The lowest BCUT2D eigenvalue weighted by molar-refractivity contribution is -0.231. The van der Waals surface area contributed by atoms with Gasteiger partial charge in [0.15, 0.2) is 5.78 Å². The van der Waals surface area contributed by atoms with Crippen molar-refractivity contribution < 1.29 is 34.7 Å². The number of methoxy groups -OCH3 is 1. The van der Waals surface area contributed by atoms with Gasteiger partial charge in [0.1, 0.15) is 36.3 Å². The zero-order valence-corrected chi connectivity index (χ0v) is 15.8. The van der Waals surface area contributed by atoms with Crippen LogP contribution >= 0.6 is 11.6 Å². The van der Waals surface area contributed by atoms with Crippen LogP contribution in [0.2, 0.25) is 5.02 Å². The normalized spacial score (nSPS) is 27.4. The summed E-state index contributed by atoms with van der Waals surface area (Å²) in [7, 11) is 1.53. The first kappa shape index (κ1) is 20.7. The molecule has 1 heterocycles. The maximum Gasteiger partial charge on any atom is 0.194 e. The topological polar surface area (TPSA) is 116 Å². The van der Waals surface area contributed by atoms with Crippen LogP contribution in [-0.4, -0.2) is 64.3 Å². The lowest BCUT2D eigenvalue weighted by Gasteiger charge is -2.40. The van der Waals surface area contributed by atoms with Gasteiger partial charge in [0.05, 0.1) is 18.7 Å². The van der Waals surface area contributed by atoms with E-state index >= 15 is 0 Å². The summed E-state index contributed by atoms with van der Waals surface area (Å²) in [5, 5.41) is 39.8. The highest BCUT2D eigenvalue weighted by molar-refractivity contribution is 6.35. The standard InChI is InChI=1S/C20H21ClO7/c1-27-12-5-2-10(3-6-12)16(23)13-8-11(4-7-14(13)21)20-19(26)18(25)17(24)15(9-22)28-20/h2-8,15,17-20,22,24-26H,9H2,1H3/t15-,17-,18+,19-,20+/m1/s1. The van der Waals surface area contributed by atoms with Crippen LogP contribution in [-0.2, 0) is 4.74 Å². The Balaban J connectivity index is 1.93. The third-order valence-electron chi connectivity index (χ3n) is 4.81. The van der Waals surface area contributed by atoms with E-state index in [2.05, 4.69) is 0 Å². The van der Waals surface area contributed by atoms with Crippen LogP contribution in [0.15, 0.2) is 42.5 Å². The summed E-state index contributed by atoms with van der Waals surface area (Å²) < 4.78 is 10.6. The van der Waals surface area contributed by atoms with E-state index < -0.39 is 37.1 Å². The molecule has 0 aliphatic carbocycles. The first-order valence-corrected chi connectivity index (χ1v) is 9.04. The van der Waals surface area contributed by atoms with Crippen LogP contribution in [0.25, 0.3) is 0 Å². The van der Waals surface area contributed by atoms with Gasteiger partial charge in [-0.25, -0.2) is 0 Å². The van der Waals surface area contributed by atoms with Crippen molar-refractivity contribution in [3.63, 3.8) is 0 Å². The molecule has 3 rings (SSSR count). The minimum atomic E-state index is -1.51. The number of halogens is 1. The van der Waals surface area contributed by atoms with Crippen LogP contribution in [0.1, 0.15) is 27.6 Å². The summed E-state index contributed by atoms with van der Waals surface area (Å²) in [6.07, 6.45) is -6.49. The Morgan fingerprint density at radius 3 is 2.36 bits per heavy atom. The van der Waals surface area contributed by atoms with Gasteiger partial charge >= 0.3 is 0 Å². The second kappa shape index (κ2) is 8.57. The Morgan fingerprint density at radius 2 is 1.75 bits per heavy atom. The van der Waals surface area contributed by atoms with E-state index in [4.69, 9.17) is 21.1 Å². The number of rotatable bonds is 5. The van der Waals surface area contributed by atoms with Crippen LogP contribution in [0.3, 0.4) is 0 Å². The molecule has 0 spiro atoms. The highest BCUT2D eigenvalue weighted by Crippen LogP contribution is 2.34. The second-order valence-electron chi connectivity index (χ2n) is 6.55. The molecule has 28 heavy (non-hydrogen) atoms. The van der Waals surface area contributed by atoms with Gasteiger partial charge in [0.2, 0.25) is 0 Å². The summed E-state index contributed by atoms with van der Waals surface area (Å²) in [6, 6.07) is 11.1. The molecule has 1 aliphatic rings. The molecular formula is C20H21ClO7. The summed E-state index contributed by atoms with van der Waals surface area (Å²) in [4.78, 5) is 12.9. The van der Waals surface area contributed by atoms with Crippen LogP contribution in [0, 0.1) is 0 Å². The van der Waals surface area contributed by atoms with Crippen molar-refractivity contribution in [3.05, 3.63) is 64.2 Å². The van der Waals surface area contributed by atoms with Gasteiger partial charge in [-0.2, -0.15) is 0 Å². The molecule has 0 aromatic heterocycles. The Hall–Kier alpha value is -2.00. The molecule has 0 saturated carbocycles. The maximum absolute atomic E-state index is 12.9. The Bertz CT molecular complexity index is 837. The van der Waals surface area contributed by atoms with E-state index in [1.54, 1.807) is 30.3 Å². The molecule has 1 saturated heterocycles. The van der Waals surface area contributed by atoms with Crippen LogP contribution in [0.4, 0.5) is 0 Å². The fourth-order valence-corrected chi connectivity index (χ4v) is 3.37. The quantitative estimate of drug-likeness (QED) is 0.547. The van der Waals surface area contributed by atoms with E-state index in [1.807, 2.05) is 0 Å². The number of hydrogen-bond donors (Lipinski definition) is 4. The van der Waals surface area contributed by atoms with Crippen LogP contribution in [0.5, 0.6) is 5.75 Å². The first-order valence-electron chi connectivity index (χ1n) is 8.66. The largest absolute Gasteiger partial charge is 0.497 e. The summed E-state index contributed by atoms with van der Waals surface area (Å²) in [5.74, 6) is 0.275. The highest BCUT2D eigenvalue weighted by atomic mass is 35.5. The molecular weight excluding hydrogens is 388 g/mol. The van der Waals surface area contributed by atoms with Gasteiger partial charge in [-0.05, 0) is 42.0 Å². The number of aliphatic hydroxyl groups excluding tert-OH is 4. The molecule has 0 radical (unpaired) electrons. The van der Waals surface area contributed by atoms with Crippen molar-refractivity contribution in [2.24, 2.45) is 0 Å². The third-order valence-corrected chi connectivity index (χ3v) is 5.14. The molecule has 5 atom stereocenters. The molecule has 1 fully saturated rings. The lowest BCUT2D eigenvalue weighted by Crippen LogP contribution is -2.55. The van der Waals surface area contributed by atoms with Gasteiger partial charge in [-0.1, -0.05) is 17.7 Å². The van der Waals surface area contributed by atoms with E-state index in [1.165, 1.54) is 19.2 Å². The molecule has 8 heteroatoms. The molecule has 150 valence electrons. The molecule has 2 aromatic rings. The van der Waals surface area contributed by atoms with Gasteiger partial charge in [-0.15, -0.1) is 0 Å². The van der Waals surface area contributed by atoms with E-state index in [-0.39, 0.29) is 16.4 Å². The Morgan fingerprint density at radius 1 is 1.07 bits per heavy atom. The number of benzene rings is 2. The van der Waals surface area contributed by atoms with E-state index in [9.17, 15) is 25.2 Å². The highest BCUT2D eigenvalue weighted by Gasteiger charge is 2.44. The summed E-state index contributed by atoms with van der Waals surface area (Å²) >= 11 is 6.20. The van der Waals surface area contributed by atoms with Crippen molar-refractivity contribution in [3.8, 4) is 5.75 Å². The minimum Gasteiger partial charge on any atom is -0.497 e. The number of carbonyl (C=O) groups is 1. The third kappa shape index (κ3) is 3.91. The zero-order chi connectivity index (χ0) is 20.4. The van der Waals surface area contributed by atoms with Crippen LogP contribution < -0.4 is 4.74 Å². The first-order chi connectivity index (χ1) is 13.4. The van der Waals surface area contributed by atoms with E-state index in [0.717, 1.165) is 0 Å². The Kier molecular flexibility index (Phi) is 6.34. The predicted molar refractivity (Wildman–Crippen MR) is 101 cm³/mol. The van der Waals surface area contributed by atoms with Crippen molar-refractivity contribution in [2.45, 2.75) is 30.5 Å². The predicted octanol–water partition coefficient (Wildman–Crippen LogP) is 1.09. The summed E-state index contributed by atoms with van der Waals surface area (Å²) in [5.41, 5.74) is 0.980. The number of ether oxygens (including phenoxy) is 2. The molecule has 4 N–H and O–H groups in total. The molecule has 0 amide bonds. The van der Waals surface area contributed by atoms with E-state index in [0.29, 0.717) is 16.9 Å². The fraction of sp³-hybridized carbons (Fsp3) is 0.350.